The number of aromatic nitrogens is 2. The summed E-state index contributed by atoms with van der Waals surface area (Å²) in [4.78, 5) is 11.5. The average Bonchev–Trinajstić information content (AvgIpc) is 2.77. The molecule has 0 aliphatic carbocycles. The lowest BCUT2D eigenvalue weighted by Crippen LogP contribution is -2.11. The van der Waals surface area contributed by atoms with Crippen molar-refractivity contribution in [2.75, 3.05) is 5.32 Å². The van der Waals surface area contributed by atoms with E-state index in [1.54, 1.807) is 0 Å². The van der Waals surface area contributed by atoms with Crippen LogP contribution in [-0.2, 0) is 14.8 Å². The molecule has 0 radical (unpaired) electrons. The van der Waals surface area contributed by atoms with Crippen LogP contribution in [-0.4, -0.2) is 24.5 Å². The number of nitrogens with one attached hydrogen (secondary N) is 2. The first-order chi connectivity index (χ1) is 8.82. The van der Waals surface area contributed by atoms with Crippen LogP contribution in [0, 0.1) is 5.53 Å². The minimum Gasteiger partial charge on any atom is -0.301 e. The van der Waals surface area contributed by atoms with E-state index in [4.69, 9.17) is 10.7 Å². The molecule has 19 heavy (non-hydrogen) atoms. The standard InChI is InChI=1S/C8H12N6O3S2/c1-5(12-9)3-2-4-6(15)11-7-13-14-8(18-7)19(10,16)17/h9H,1-4H2,(H2,10,16,17)(H,11,13,15). The Bertz CT molecular complexity index is 593. The Hall–Kier alpha value is -1.72. The van der Waals surface area contributed by atoms with E-state index in [0.29, 0.717) is 29.9 Å². The van der Waals surface area contributed by atoms with E-state index in [2.05, 4.69) is 27.2 Å². The van der Waals surface area contributed by atoms with E-state index >= 15 is 0 Å². The lowest BCUT2D eigenvalue weighted by atomic mass is 10.2. The van der Waals surface area contributed by atoms with Gasteiger partial charge >= 0.3 is 0 Å². The maximum absolute atomic E-state index is 11.5. The zero-order chi connectivity index (χ0) is 14.5. The summed E-state index contributed by atoms with van der Waals surface area (Å²) in [7, 11) is -3.90. The van der Waals surface area contributed by atoms with E-state index in [9.17, 15) is 13.2 Å². The van der Waals surface area contributed by atoms with Crippen LogP contribution in [0.3, 0.4) is 0 Å². The number of allylic oxidation sites excluding steroid dienone is 1. The van der Waals surface area contributed by atoms with Crippen LogP contribution in [0.1, 0.15) is 19.3 Å². The van der Waals surface area contributed by atoms with Gasteiger partial charge in [0, 0.05) is 6.42 Å². The molecule has 9 nitrogen and oxygen atoms in total. The van der Waals surface area contributed by atoms with Crippen LogP contribution in [0.5, 0.6) is 0 Å². The first-order valence-corrected chi connectivity index (χ1v) is 7.40. The highest BCUT2D eigenvalue weighted by molar-refractivity contribution is 7.91. The van der Waals surface area contributed by atoms with Crippen LogP contribution in [0.15, 0.2) is 21.7 Å². The number of hydrogen-bond donors (Lipinski definition) is 3. The SMILES string of the molecule is C=C(CCCC(=O)Nc1nnc(S(N)(=O)=O)s1)N=N. The van der Waals surface area contributed by atoms with E-state index < -0.39 is 10.0 Å². The Kier molecular flexibility index (Phi) is 5.20. The molecular formula is C8H12N6O3S2. The number of primary sulfonamides is 1. The first-order valence-electron chi connectivity index (χ1n) is 5.04. The van der Waals surface area contributed by atoms with E-state index in [1.807, 2.05) is 0 Å². The van der Waals surface area contributed by atoms with Crippen LogP contribution >= 0.6 is 11.3 Å². The van der Waals surface area contributed by atoms with Crippen LogP contribution in [0.4, 0.5) is 5.13 Å². The molecule has 4 N–H and O–H groups in total. The van der Waals surface area contributed by atoms with E-state index in [1.165, 1.54) is 0 Å². The molecule has 1 aromatic heterocycles. The molecule has 0 bridgehead atoms. The zero-order valence-corrected chi connectivity index (χ0v) is 11.4. The Morgan fingerprint density at radius 2 is 2.16 bits per heavy atom. The van der Waals surface area contributed by atoms with Crippen molar-refractivity contribution < 1.29 is 13.2 Å². The lowest BCUT2D eigenvalue weighted by Gasteiger charge is -2.00. The summed E-state index contributed by atoms with van der Waals surface area (Å²) in [6.07, 6.45) is 1.10. The predicted molar refractivity (Wildman–Crippen MR) is 68.1 cm³/mol. The van der Waals surface area contributed by atoms with Gasteiger partial charge in [-0.05, 0) is 12.8 Å². The Morgan fingerprint density at radius 1 is 1.47 bits per heavy atom. The summed E-state index contributed by atoms with van der Waals surface area (Å²) >= 11 is 0.679. The summed E-state index contributed by atoms with van der Waals surface area (Å²) in [6.45, 7) is 3.50. The van der Waals surface area contributed by atoms with Crippen molar-refractivity contribution in [3.05, 3.63) is 12.3 Å². The van der Waals surface area contributed by atoms with E-state index in [0.717, 1.165) is 0 Å². The zero-order valence-electron chi connectivity index (χ0n) is 9.79. The van der Waals surface area contributed by atoms with Gasteiger partial charge in [-0.25, -0.2) is 19.1 Å². The van der Waals surface area contributed by atoms with Crippen LogP contribution in [0.25, 0.3) is 0 Å². The fourth-order valence-electron chi connectivity index (χ4n) is 1.07. The number of rotatable bonds is 7. The van der Waals surface area contributed by atoms with Crippen molar-refractivity contribution in [2.45, 2.75) is 23.6 Å². The number of carbonyl (C=O) groups is 1. The third-order valence-electron chi connectivity index (χ3n) is 1.92. The molecule has 0 aliphatic heterocycles. The molecule has 0 aromatic carbocycles. The molecule has 0 saturated heterocycles. The topological polar surface area (TPSA) is 151 Å². The lowest BCUT2D eigenvalue weighted by molar-refractivity contribution is -0.116. The van der Waals surface area contributed by atoms with Gasteiger partial charge in [0.2, 0.25) is 15.4 Å². The molecule has 1 aromatic rings. The minimum absolute atomic E-state index is 0.0676. The fraction of sp³-hybridized carbons (Fsp3) is 0.375. The molecule has 0 spiro atoms. The molecule has 1 amide bonds. The third kappa shape index (κ3) is 5.19. The number of nitrogens with zero attached hydrogens (tertiary/aromatic N) is 3. The second kappa shape index (κ2) is 6.45. The summed E-state index contributed by atoms with van der Waals surface area (Å²) < 4.78 is 21.5. The van der Waals surface area contributed by atoms with Gasteiger partial charge in [-0.3, -0.25) is 4.79 Å². The van der Waals surface area contributed by atoms with Gasteiger partial charge in [-0.1, -0.05) is 17.9 Å². The van der Waals surface area contributed by atoms with Gasteiger partial charge in [0.05, 0.1) is 5.70 Å². The van der Waals surface area contributed by atoms with Crippen LogP contribution < -0.4 is 10.5 Å². The number of carbonyl (C=O) groups excluding carboxylic acids is 1. The molecule has 1 rings (SSSR count). The van der Waals surface area contributed by atoms with Crippen molar-refractivity contribution in [1.29, 1.82) is 5.53 Å². The van der Waals surface area contributed by atoms with Crippen molar-refractivity contribution in [3.63, 3.8) is 0 Å². The highest BCUT2D eigenvalue weighted by Crippen LogP contribution is 2.18. The van der Waals surface area contributed by atoms with Gasteiger partial charge in [-0.2, -0.15) is 5.11 Å². The number of amides is 1. The molecule has 1 heterocycles. The molecule has 0 saturated carbocycles. The van der Waals surface area contributed by atoms with Gasteiger partial charge in [0.15, 0.2) is 0 Å². The highest BCUT2D eigenvalue weighted by Gasteiger charge is 2.16. The highest BCUT2D eigenvalue weighted by atomic mass is 32.2. The summed E-state index contributed by atoms with van der Waals surface area (Å²) in [6, 6.07) is 0. The van der Waals surface area contributed by atoms with Crippen molar-refractivity contribution in [3.8, 4) is 0 Å². The summed E-state index contributed by atoms with van der Waals surface area (Å²) in [5, 5.41) is 17.3. The summed E-state index contributed by atoms with van der Waals surface area (Å²) in [5.41, 5.74) is 7.06. The van der Waals surface area contributed by atoms with Gasteiger partial charge < -0.3 is 5.32 Å². The fourth-order valence-corrected chi connectivity index (χ4v) is 2.42. The number of sulfonamides is 1. The molecule has 0 atom stereocenters. The Morgan fingerprint density at radius 3 is 2.68 bits per heavy atom. The molecular weight excluding hydrogens is 292 g/mol. The molecule has 0 aliphatic rings. The Labute approximate surface area is 113 Å². The second-order valence-electron chi connectivity index (χ2n) is 3.50. The van der Waals surface area contributed by atoms with Crippen molar-refractivity contribution in [2.24, 2.45) is 10.3 Å². The van der Waals surface area contributed by atoms with Gasteiger partial charge in [0.25, 0.3) is 10.0 Å². The molecule has 11 heteroatoms. The molecule has 104 valence electrons. The third-order valence-corrected chi connectivity index (χ3v) is 4.07. The number of anilines is 1. The number of hydrogen-bond acceptors (Lipinski definition) is 8. The number of nitrogens with two attached hydrogens (primary N) is 1. The summed E-state index contributed by atoms with van der Waals surface area (Å²) in [5.74, 6) is -0.338. The first kappa shape index (κ1) is 15.3. The quantitative estimate of drug-likeness (QED) is 0.503. The second-order valence-corrected chi connectivity index (χ2v) is 6.21. The molecule has 0 unspecified atom stereocenters. The van der Waals surface area contributed by atoms with Crippen molar-refractivity contribution >= 4 is 32.4 Å². The van der Waals surface area contributed by atoms with Gasteiger partial charge in [-0.15, -0.1) is 10.2 Å². The van der Waals surface area contributed by atoms with E-state index in [-0.39, 0.29) is 21.8 Å². The average molecular weight is 304 g/mol. The normalized spacial score (nSPS) is 11.0. The smallest absolute Gasteiger partial charge is 0.267 e. The molecule has 0 fully saturated rings. The maximum atomic E-state index is 11.5. The van der Waals surface area contributed by atoms with Gasteiger partial charge in [0.1, 0.15) is 0 Å². The van der Waals surface area contributed by atoms with Crippen LogP contribution in [0.2, 0.25) is 0 Å². The minimum atomic E-state index is -3.90. The predicted octanol–water partition coefficient (Wildman–Crippen LogP) is 0.839. The van der Waals surface area contributed by atoms with Crippen molar-refractivity contribution in [1.82, 2.24) is 10.2 Å². The monoisotopic (exact) mass is 304 g/mol. The Balaban J connectivity index is 2.47. The largest absolute Gasteiger partial charge is 0.301 e. The maximum Gasteiger partial charge on any atom is 0.267 e.